The molecule has 0 aliphatic carbocycles. The number of H-pyrrole nitrogens is 1. The molecule has 1 amide bonds. The van der Waals surface area contributed by atoms with Crippen molar-refractivity contribution < 1.29 is 9.78 Å². The first-order valence-electron chi connectivity index (χ1n) is 6.66. The van der Waals surface area contributed by atoms with Crippen LogP contribution in [0.4, 0.5) is 11.5 Å². The second-order valence-corrected chi connectivity index (χ2v) is 5.57. The van der Waals surface area contributed by atoms with Crippen molar-refractivity contribution in [3.05, 3.63) is 47.0 Å². The lowest BCUT2D eigenvalue weighted by atomic mass is 10.2. The monoisotopic (exact) mass is 335 g/mol. The van der Waals surface area contributed by atoms with E-state index in [4.69, 9.17) is 21.5 Å². The van der Waals surface area contributed by atoms with Crippen molar-refractivity contribution in [2.45, 2.75) is 5.03 Å². The van der Waals surface area contributed by atoms with E-state index in [0.717, 1.165) is 11.8 Å². The van der Waals surface area contributed by atoms with E-state index in [0.29, 0.717) is 16.3 Å². The van der Waals surface area contributed by atoms with E-state index in [1.807, 2.05) is 18.2 Å². The average molecular weight is 335 g/mol. The molecule has 116 valence electrons. The molecule has 0 atom stereocenters. The van der Waals surface area contributed by atoms with E-state index in [1.165, 1.54) is 6.07 Å². The van der Waals surface area contributed by atoms with Gasteiger partial charge in [0.15, 0.2) is 5.03 Å². The molecule has 0 unspecified atom stereocenters. The minimum Gasteiger partial charge on any atom is -0.325 e. The van der Waals surface area contributed by atoms with Gasteiger partial charge in [0.2, 0.25) is 5.91 Å². The fraction of sp³-hybridized carbons (Fsp3) is 0.0625. The van der Waals surface area contributed by atoms with Gasteiger partial charge >= 0.3 is 0 Å². The highest BCUT2D eigenvalue weighted by Crippen LogP contribution is 2.20. The molecule has 4 N–H and O–H groups in total. The van der Waals surface area contributed by atoms with Crippen molar-refractivity contribution in [3.63, 3.8) is 0 Å². The van der Waals surface area contributed by atoms with Gasteiger partial charge in [-0.05, 0) is 30.3 Å². The van der Waals surface area contributed by atoms with E-state index in [-0.39, 0.29) is 28.6 Å². The molecule has 0 bridgehead atoms. The molecule has 2 rings (SSSR count). The van der Waals surface area contributed by atoms with Gasteiger partial charge in [0.05, 0.1) is 17.4 Å². The number of pyridine rings is 1. The van der Waals surface area contributed by atoms with E-state index in [1.54, 1.807) is 24.3 Å². The van der Waals surface area contributed by atoms with Gasteiger partial charge in [-0.25, -0.2) is 4.98 Å². The summed E-state index contributed by atoms with van der Waals surface area (Å²) in [5.74, 6) is -0.0762. The minimum atomic E-state index is -0.273. The minimum absolute atomic E-state index is 0.0521. The van der Waals surface area contributed by atoms with Crippen molar-refractivity contribution >= 4 is 29.2 Å². The second kappa shape index (κ2) is 7.64. The Morgan fingerprint density at radius 3 is 2.38 bits per heavy atom. The lowest BCUT2D eigenvalue weighted by molar-refractivity contribution is -0.410. The molecule has 1 aromatic carbocycles. The molecule has 0 spiro atoms. The summed E-state index contributed by atoms with van der Waals surface area (Å²) in [5, 5.41) is 29.9. The fourth-order valence-electron chi connectivity index (χ4n) is 1.80. The van der Waals surface area contributed by atoms with Crippen LogP contribution in [0.15, 0.2) is 35.4 Å². The Morgan fingerprint density at radius 2 is 1.79 bits per heavy atom. The maximum Gasteiger partial charge on any atom is 0.289 e. The lowest BCUT2D eigenvalue weighted by Gasteiger charge is -2.05. The number of amides is 1. The predicted octanol–water partition coefficient (Wildman–Crippen LogP) is 1.43. The van der Waals surface area contributed by atoms with E-state index >= 15 is 0 Å². The van der Waals surface area contributed by atoms with E-state index in [2.05, 4.69) is 10.3 Å². The van der Waals surface area contributed by atoms with Gasteiger partial charge < -0.3 is 5.32 Å². The summed E-state index contributed by atoms with van der Waals surface area (Å²) in [5.41, 5.74) is 7.19. The SMILES string of the molecule is N#Cc1ccc(NC(=O)CSc2[nH+]c(N)c(C#N)cc2C#N)cc1. The van der Waals surface area contributed by atoms with Crippen LogP contribution in [0.2, 0.25) is 0 Å². The molecular weight excluding hydrogens is 324 g/mol. The Morgan fingerprint density at radius 1 is 1.12 bits per heavy atom. The summed E-state index contributed by atoms with van der Waals surface area (Å²) in [7, 11) is 0. The first kappa shape index (κ1) is 16.8. The summed E-state index contributed by atoms with van der Waals surface area (Å²) >= 11 is 1.11. The number of hydrogen-bond acceptors (Lipinski definition) is 6. The first-order chi connectivity index (χ1) is 11.6. The fourth-order valence-corrected chi connectivity index (χ4v) is 2.59. The third-order valence-corrected chi connectivity index (χ3v) is 3.98. The molecule has 8 heteroatoms. The number of nitrogens with zero attached hydrogens (tertiary/aromatic N) is 3. The van der Waals surface area contributed by atoms with Crippen LogP contribution in [0.3, 0.4) is 0 Å². The third kappa shape index (κ3) is 4.01. The molecule has 0 radical (unpaired) electrons. The maximum absolute atomic E-state index is 12.0. The summed E-state index contributed by atoms with van der Waals surface area (Å²) in [4.78, 5) is 14.7. The number of aromatic nitrogens is 1. The highest BCUT2D eigenvalue weighted by Gasteiger charge is 2.16. The Bertz CT molecular complexity index is 902. The maximum atomic E-state index is 12.0. The molecule has 0 fully saturated rings. The molecule has 0 saturated carbocycles. The number of nitrogens with two attached hydrogens (primary N) is 1. The molecule has 0 aliphatic heterocycles. The first-order valence-corrected chi connectivity index (χ1v) is 7.64. The normalized spacial score (nSPS) is 9.38. The van der Waals surface area contributed by atoms with Crippen LogP contribution >= 0.6 is 11.8 Å². The summed E-state index contributed by atoms with van der Waals surface area (Å²) in [6.07, 6.45) is 0. The Labute approximate surface area is 142 Å². The van der Waals surface area contributed by atoms with Crippen LogP contribution in [0, 0.1) is 34.0 Å². The third-order valence-electron chi connectivity index (χ3n) is 2.96. The van der Waals surface area contributed by atoms with Crippen LogP contribution in [-0.2, 0) is 4.79 Å². The summed E-state index contributed by atoms with van der Waals surface area (Å²) < 4.78 is 0. The number of anilines is 2. The second-order valence-electron chi connectivity index (χ2n) is 4.59. The number of carbonyl (C=O) groups is 1. The number of nitrogen functional groups attached to an aromatic ring is 1. The van der Waals surface area contributed by atoms with E-state index in [9.17, 15) is 4.79 Å². The molecule has 0 saturated heterocycles. The summed E-state index contributed by atoms with van der Waals surface area (Å²) in [6, 6.07) is 13.7. The van der Waals surface area contributed by atoms with Crippen LogP contribution in [-0.4, -0.2) is 11.7 Å². The molecule has 1 aromatic heterocycles. The van der Waals surface area contributed by atoms with Crippen LogP contribution < -0.4 is 16.0 Å². The zero-order valence-electron chi connectivity index (χ0n) is 12.3. The molecule has 24 heavy (non-hydrogen) atoms. The number of nitrogens with one attached hydrogen (secondary N) is 2. The summed E-state index contributed by atoms with van der Waals surface area (Å²) in [6.45, 7) is 0. The molecule has 1 heterocycles. The molecule has 7 nitrogen and oxygen atoms in total. The number of carbonyl (C=O) groups excluding carboxylic acids is 1. The number of thioether (sulfide) groups is 1. The van der Waals surface area contributed by atoms with Crippen molar-refractivity contribution in [1.82, 2.24) is 0 Å². The van der Waals surface area contributed by atoms with Gasteiger partial charge in [0, 0.05) is 5.69 Å². The highest BCUT2D eigenvalue weighted by atomic mass is 32.2. The lowest BCUT2D eigenvalue weighted by Crippen LogP contribution is -2.19. The van der Waals surface area contributed by atoms with Crippen molar-refractivity contribution in [1.29, 1.82) is 15.8 Å². The van der Waals surface area contributed by atoms with Crippen molar-refractivity contribution in [2.75, 3.05) is 16.8 Å². The largest absolute Gasteiger partial charge is 0.325 e. The Hall–Kier alpha value is -3.54. The van der Waals surface area contributed by atoms with Gasteiger partial charge in [-0.3, -0.25) is 10.5 Å². The number of aromatic amines is 1. The van der Waals surface area contributed by atoms with Crippen molar-refractivity contribution in [2.24, 2.45) is 0 Å². The van der Waals surface area contributed by atoms with E-state index < -0.39 is 0 Å². The molecule has 2 aromatic rings. The Balaban J connectivity index is 2.04. The van der Waals surface area contributed by atoms with Gasteiger partial charge in [0.1, 0.15) is 23.3 Å². The zero-order valence-corrected chi connectivity index (χ0v) is 13.1. The Kier molecular flexibility index (Phi) is 5.36. The quantitative estimate of drug-likeness (QED) is 0.810. The van der Waals surface area contributed by atoms with Crippen LogP contribution in [0.1, 0.15) is 16.7 Å². The molecule has 0 aliphatic rings. The van der Waals surface area contributed by atoms with Gasteiger partial charge in [-0.15, -0.1) is 0 Å². The van der Waals surface area contributed by atoms with Crippen LogP contribution in [0.25, 0.3) is 0 Å². The van der Waals surface area contributed by atoms with Gasteiger partial charge in [0.25, 0.3) is 5.82 Å². The standard InChI is InChI=1S/C16H10N6OS/c17-6-10-1-3-13(4-2-10)21-14(23)9-24-16-12(8-19)5-11(7-18)15(20)22-16/h1-5H,9H2,(H2,20,22)(H,21,23)/p+1. The zero-order chi connectivity index (χ0) is 17.5. The number of rotatable bonds is 4. The molecular formula is C16H11N6OS+. The number of nitriles is 3. The van der Waals surface area contributed by atoms with Gasteiger partial charge in [-0.2, -0.15) is 15.8 Å². The van der Waals surface area contributed by atoms with Crippen molar-refractivity contribution in [3.8, 4) is 18.2 Å². The van der Waals surface area contributed by atoms with Gasteiger partial charge in [-0.1, -0.05) is 11.8 Å². The average Bonchev–Trinajstić information content (AvgIpc) is 2.60. The van der Waals surface area contributed by atoms with Crippen LogP contribution in [0.5, 0.6) is 0 Å². The number of hydrogen-bond donors (Lipinski definition) is 2. The predicted molar refractivity (Wildman–Crippen MR) is 87.4 cm³/mol. The smallest absolute Gasteiger partial charge is 0.289 e. The topological polar surface area (TPSA) is 141 Å². The highest BCUT2D eigenvalue weighted by molar-refractivity contribution is 7.99. The number of benzene rings is 1.